The van der Waals surface area contributed by atoms with Crippen LogP contribution in [0.4, 0.5) is 4.79 Å². The molecule has 0 saturated carbocycles. The highest BCUT2D eigenvalue weighted by Crippen LogP contribution is 2.33. The van der Waals surface area contributed by atoms with Gasteiger partial charge in [-0.05, 0) is 57.6 Å². The number of aliphatic hydroxyl groups excluding tert-OH is 1. The predicted octanol–water partition coefficient (Wildman–Crippen LogP) is 5.33. The zero-order valence-corrected chi connectivity index (χ0v) is 19.4. The van der Waals surface area contributed by atoms with E-state index in [9.17, 15) is 9.90 Å². The number of nitrogens with zero attached hydrogens (tertiary/aromatic N) is 1. The lowest BCUT2D eigenvalue weighted by Crippen LogP contribution is -2.32. The van der Waals surface area contributed by atoms with E-state index in [4.69, 9.17) is 9.72 Å². The second kappa shape index (κ2) is 10.1. The number of rotatable bonds is 7. The SMILES string of the molecule is CCc1nc(CC(C)C)c(CNC(=O)OC(C)(C)C)c(-c2ccc(C)cc2)c1CO. The quantitative estimate of drug-likeness (QED) is 0.644. The van der Waals surface area contributed by atoms with E-state index in [1.54, 1.807) is 0 Å². The first kappa shape index (κ1) is 23.9. The van der Waals surface area contributed by atoms with Crippen molar-refractivity contribution in [2.24, 2.45) is 5.92 Å². The molecular formula is C25H36N2O3. The Morgan fingerprint density at radius 3 is 2.27 bits per heavy atom. The van der Waals surface area contributed by atoms with Gasteiger partial charge in [-0.15, -0.1) is 0 Å². The molecule has 164 valence electrons. The molecule has 1 amide bonds. The van der Waals surface area contributed by atoms with Crippen LogP contribution in [0.3, 0.4) is 0 Å². The number of aromatic nitrogens is 1. The molecule has 0 atom stereocenters. The third-order valence-electron chi connectivity index (χ3n) is 4.81. The summed E-state index contributed by atoms with van der Waals surface area (Å²) < 4.78 is 5.42. The van der Waals surface area contributed by atoms with Crippen LogP contribution in [0.5, 0.6) is 0 Å². The maximum absolute atomic E-state index is 12.3. The number of hydrogen-bond donors (Lipinski definition) is 2. The van der Waals surface area contributed by atoms with Gasteiger partial charge >= 0.3 is 6.09 Å². The molecule has 0 saturated heterocycles. The highest BCUT2D eigenvalue weighted by molar-refractivity contribution is 5.74. The molecule has 0 aliphatic carbocycles. The van der Waals surface area contributed by atoms with Crippen molar-refractivity contribution in [2.75, 3.05) is 0 Å². The third-order valence-corrected chi connectivity index (χ3v) is 4.81. The zero-order chi connectivity index (χ0) is 22.5. The molecule has 0 spiro atoms. The van der Waals surface area contributed by atoms with Gasteiger partial charge in [-0.3, -0.25) is 4.98 Å². The Morgan fingerprint density at radius 1 is 1.13 bits per heavy atom. The van der Waals surface area contributed by atoms with Crippen LogP contribution >= 0.6 is 0 Å². The second-order valence-electron chi connectivity index (χ2n) is 9.17. The average Bonchev–Trinajstić information content (AvgIpc) is 2.65. The van der Waals surface area contributed by atoms with Crippen LogP contribution in [0.1, 0.15) is 69.6 Å². The number of nitrogens with one attached hydrogen (secondary N) is 1. The monoisotopic (exact) mass is 412 g/mol. The van der Waals surface area contributed by atoms with E-state index in [-0.39, 0.29) is 6.61 Å². The standard InChI is InChI=1S/C25H36N2O3/c1-8-21-20(15-28)23(18-11-9-17(4)10-12-18)19(22(27-21)13-16(2)3)14-26-24(29)30-25(5,6)7/h9-12,16,28H,8,13-15H2,1-7H3,(H,26,29). The van der Waals surface area contributed by atoms with E-state index in [0.717, 1.165) is 46.5 Å². The highest BCUT2D eigenvalue weighted by atomic mass is 16.6. The number of amides is 1. The fourth-order valence-electron chi connectivity index (χ4n) is 3.52. The smallest absolute Gasteiger partial charge is 0.407 e. The van der Waals surface area contributed by atoms with Crippen LogP contribution in [0, 0.1) is 12.8 Å². The van der Waals surface area contributed by atoms with Gasteiger partial charge in [-0.2, -0.15) is 0 Å². The lowest BCUT2D eigenvalue weighted by atomic mass is 9.89. The Kier molecular flexibility index (Phi) is 8.02. The first-order valence-corrected chi connectivity index (χ1v) is 10.7. The topological polar surface area (TPSA) is 71.5 Å². The van der Waals surface area contributed by atoms with Crippen LogP contribution < -0.4 is 5.32 Å². The number of alkyl carbamates (subject to hydrolysis) is 1. The van der Waals surface area contributed by atoms with Crippen LogP contribution in [0.25, 0.3) is 11.1 Å². The fourth-order valence-corrected chi connectivity index (χ4v) is 3.52. The lowest BCUT2D eigenvalue weighted by Gasteiger charge is -2.23. The Balaban J connectivity index is 2.61. The summed E-state index contributed by atoms with van der Waals surface area (Å²) in [6.07, 6.45) is 1.07. The highest BCUT2D eigenvalue weighted by Gasteiger charge is 2.22. The van der Waals surface area contributed by atoms with E-state index < -0.39 is 11.7 Å². The summed E-state index contributed by atoms with van der Waals surface area (Å²) in [4.78, 5) is 17.2. The predicted molar refractivity (Wildman–Crippen MR) is 121 cm³/mol. The molecule has 1 aromatic heterocycles. The fraction of sp³-hybridized carbons (Fsp3) is 0.520. The van der Waals surface area contributed by atoms with Gasteiger partial charge in [0.2, 0.25) is 0 Å². The summed E-state index contributed by atoms with van der Waals surface area (Å²) in [6, 6.07) is 8.27. The Hall–Kier alpha value is -2.40. The van der Waals surface area contributed by atoms with Gasteiger partial charge < -0.3 is 15.2 Å². The molecule has 5 heteroatoms. The van der Waals surface area contributed by atoms with Gasteiger partial charge in [-0.1, -0.05) is 50.6 Å². The molecule has 0 aliphatic heterocycles. The summed E-state index contributed by atoms with van der Waals surface area (Å²) >= 11 is 0. The van der Waals surface area contributed by atoms with Crippen molar-refractivity contribution in [2.45, 2.75) is 80.1 Å². The van der Waals surface area contributed by atoms with E-state index in [0.29, 0.717) is 12.5 Å². The first-order valence-electron chi connectivity index (χ1n) is 10.7. The van der Waals surface area contributed by atoms with Gasteiger partial charge in [0.15, 0.2) is 0 Å². The van der Waals surface area contributed by atoms with Crippen LogP contribution in [-0.4, -0.2) is 21.8 Å². The summed E-state index contributed by atoms with van der Waals surface area (Å²) in [6.45, 7) is 14.1. The minimum absolute atomic E-state index is 0.0964. The maximum atomic E-state index is 12.3. The summed E-state index contributed by atoms with van der Waals surface area (Å²) in [5.41, 5.74) is 6.24. The molecule has 2 aromatic rings. The van der Waals surface area contributed by atoms with E-state index in [1.807, 2.05) is 20.8 Å². The minimum atomic E-state index is -0.564. The summed E-state index contributed by atoms with van der Waals surface area (Å²) in [5.74, 6) is 0.410. The van der Waals surface area contributed by atoms with Crippen molar-refractivity contribution < 1.29 is 14.6 Å². The van der Waals surface area contributed by atoms with E-state index >= 15 is 0 Å². The summed E-state index contributed by atoms with van der Waals surface area (Å²) in [7, 11) is 0. The molecular weight excluding hydrogens is 376 g/mol. The van der Waals surface area contributed by atoms with Gasteiger partial charge in [0.05, 0.1) is 6.61 Å². The molecule has 0 unspecified atom stereocenters. The Morgan fingerprint density at radius 2 is 1.77 bits per heavy atom. The van der Waals surface area contributed by atoms with Crippen molar-refractivity contribution >= 4 is 6.09 Å². The van der Waals surface area contributed by atoms with Crippen LogP contribution in [0.15, 0.2) is 24.3 Å². The number of aliphatic hydroxyl groups is 1. The number of carbonyl (C=O) groups is 1. The molecule has 0 aliphatic rings. The molecule has 0 bridgehead atoms. The minimum Gasteiger partial charge on any atom is -0.444 e. The molecule has 0 radical (unpaired) electrons. The molecule has 30 heavy (non-hydrogen) atoms. The molecule has 2 N–H and O–H groups in total. The number of benzene rings is 1. The normalized spacial score (nSPS) is 11.6. The van der Waals surface area contributed by atoms with Crippen molar-refractivity contribution in [1.82, 2.24) is 10.3 Å². The number of hydrogen-bond acceptors (Lipinski definition) is 4. The number of carbonyl (C=O) groups excluding carboxylic acids is 1. The largest absolute Gasteiger partial charge is 0.444 e. The van der Waals surface area contributed by atoms with Crippen LogP contribution in [0.2, 0.25) is 0 Å². The average molecular weight is 413 g/mol. The molecule has 1 aromatic carbocycles. The second-order valence-corrected chi connectivity index (χ2v) is 9.17. The van der Waals surface area contributed by atoms with Crippen molar-refractivity contribution in [1.29, 1.82) is 0 Å². The van der Waals surface area contributed by atoms with Crippen molar-refractivity contribution in [3.05, 3.63) is 52.3 Å². The zero-order valence-electron chi connectivity index (χ0n) is 19.4. The Labute approximate surface area is 180 Å². The first-order chi connectivity index (χ1) is 14.1. The van der Waals surface area contributed by atoms with Gasteiger partial charge in [0, 0.05) is 29.1 Å². The molecule has 0 fully saturated rings. The van der Waals surface area contributed by atoms with Crippen molar-refractivity contribution in [3.63, 3.8) is 0 Å². The van der Waals surface area contributed by atoms with Crippen LogP contribution in [-0.2, 0) is 30.7 Å². The van der Waals surface area contributed by atoms with Gasteiger partial charge in [0.1, 0.15) is 5.60 Å². The maximum Gasteiger partial charge on any atom is 0.407 e. The third kappa shape index (κ3) is 6.30. The number of pyridine rings is 1. The van der Waals surface area contributed by atoms with Crippen molar-refractivity contribution in [3.8, 4) is 11.1 Å². The van der Waals surface area contributed by atoms with Gasteiger partial charge in [-0.25, -0.2) is 4.79 Å². The van der Waals surface area contributed by atoms with E-state index in [1.165, 1.54) is 5.56 Å². The van der Waals surface area contributed by atoms with Gasteiger partial charge in [0.25, 0.3) is 0 Å². The molecule has 2 rings (SSSR count). The lowest BCUT2D eigenvalue weighted by molar-refractivity contribution is 0.0523. The summed E-state index contributed by atoms with van der Waals surface area (Å²) in [5, 5.41) is 13.1. The number of ether oxygens (including phenoxy) is 1. The molecule has 1 heterocycles. The Bertz CT molecular complexity index is 865. The number of aryl methyl sites for hydroxylation is 2. The van der Waals surface area contributed by atoms with E-state index in [2.05, 4.69) is 57.3 Å². The molecule has 5 nitrogen and oxygen atoms in total.